The van der Waals surface area contributed by atoms with Crippen molar-refractivity contribution in [2.24, 2.45) is 5.10 Å². The summed E-state index contributed by atoms with van der Waals surface area (Å²) < 4.78 is 25.1. The summed E-state index contributed by atoms with van der Waals surface area (Å²) in [7, 11) is -1.53. The highest BCUT2D eigenvalue weighted by Crippen LogP contribution is 2.53. The van der Waals surface area contributed by atoms with Gasteiger partial charge in [0.2, 0.25) is 7.29 Å². The molecule has 0 radical (unpaired) electrons. The minimum absolute atomic E-state index is 0.537. The van der Waals surface area contributed by atoms with Gasteiger partial charge in [-0.25, -0.2) is 0 Å². The second-order valence-corrected chi connectivity index (χ2v) is 9.19. The van der Waals surface area contributed by atoms with Gasteiger partial charge in [0.1, 0.15) is 17.3 Å². The lowest BCUT2D eigenvalue weighted by molar-refractivity contribution is 0.415. The Kier molecular flexibility index (Phi) is 6.06. The Morgan fingerprint density at radius 1 is 0.839 bits per heavy atom. The van der Waals surface area contributed by atoms with E-state index in [0.29, 0.717) is 17.2 Å². The molecule has 6 heteroatoms. The van der Waals surface area contributed by atoms with E-state index in [0.717, 1.165) is 22.4 Å². The molecule has 0 aliphatic carbocycles. The first kappa shape index (κ1) is 20.7. The summed E-state index contributed by atoms with van der Waals surface area (Å²) in [5.74, 6) is 5.09. The fraction of sp³-hybridized carbons (Fsp3) is 0.0800. The molecule has 0 atom stereocenters. The average Bonchev–Trinajstić information content (AvgIpc) is 2.83. The van der Waals surface area contributed by atoms with Crippen LogP contribution < -0.4 is 9.93 Å². The summed E-state index contributed by atoms with van der Waals surface area (Å²) in [6.45, 7) is 1.87. The highest BCUT2D eigenvalue weighted by Gasteiger charge is 2.26. The molecule has 0 unspecified atom stereocenters. The van der Waals surface area contributed by atoms with Crippen molar-refractivity contribution in [1.29, 1.82) is 0 Å². The number of nitrogens with one attached hydrogen (secondary N) is 1. The third kappa shape index (κ3) is 4.96. The van der Waals surface area contributed by atoms with E-state index in [4.69, 9.17) is 9.47 Å². The molecule has 3 aromatic rings. The molecule has 0 saturated carbocycles. The zero-order chi connectivity index (χ0) is 21.7. The maximum atomic E-state index is 13.8. The van der Waals surface area contributed by atoms with Crippen molar-refractivity contribution < 1.29 is 14.0 Å². The highest BCUT2D eigenvalue weighted by atomic mass is 31.2. The summed E-state index contributed by atoms with van der Waals surface area (Å²) in [6, 6.07) is 26.8. The Hall–Kier alpha value is -3.56. The molecule has 1 aliphatic rings. The summed E-state index contributed by atoms with van der Waals surface area (Å²) in [6.07, 6.45) is 0. The van der Waals surface area contributed by atoms with Gasteiger partial charge in [-0.2, -0.15) is 5.10 Å². The molecule has 0 fully saturated rings. The van der Waals surface area contributed by atoms with E-state index in [-0.39, 0.29) is 0 Å². The van der Waals surface area contributed by atoms with Crippen LogP contribution in [0.3, 0.4) is 0 Å². The van der Waals surface area contributed by atoms with E-state index >= 15 is 0 Å². The number of nitrogens with zero attached hydrogens (tertiary/aromatic N) is 1. The monoisotopic (exact) mass is 430 g/mol. The van der Waals surface area contributed by atoms with Crippen LogP contribution in [0, 0.1) is 0 Å². The molecule has 4 rings (SSSR count). The topological polar surface area (TPSA) is 59.9 Å². The molecule has 1 heterocycles. The average molecular weight is 430 g/mol. The smallest absolute Gasteiger partial charge is 0.235 e. The van der Waals surface area contributed by atoms with Crippen LogP contribution in [0.25, 0.3) is 11.5 Å². The van der Waals surface area contributed by atoms with E-state index in [2.05, 4.69) is 10.3 Å². The minimum atomic E-state index is -3.16. The van der Waals surface area contributed by atoms with Crippen molar-refractivity contribution in [3.8, 4) is 5.75 Å². The molecule has 1 N–H and O–H groups in total. The largest absolute Gasteiger partial charge is 0.497 e. The van der Waals surface area contributed by atoms with Crippen LogP contribution in [0.4, 0.5) is 0 Å². The maximum Gasteiger partial charge on any atom is 0.235 e. The number of hydrogen-bond donors (Lipinski definition) is 1. The molecule has 31 heavy (non-hydrogen) atoms. The van der Waals surface area contributed by atoms with Crippen molar-refractivity contribution in [3.63, 3.8) is 0 Å². The molecule has 0 bridgehead atoms. The second kappa shape index (κ2) is 9.07. The number of hydrazone groups is 1. The van der Waals surface area contributed by atoms with Crippen molar-refractivity contribution >= 4 is 24.5 Å². The zero-order valence-electron chi connectivity index (χ0n) is 17.4. The minimum Gasteiger partial charge on any atom is -0.497 e. The third-order valence-corrected chi connectivity index (χ3v) is 6.49. The lowest BCUT2D eigenvalue weighted by Gasteiger charge is -2.22. The first-order valence-electron chi connectivity index (χ1n) is 9.86. The Morgan fingerprint density at radius 3 is 1.84 bits per heavy atom. The van der Waals surface area contributed by atoms with Crippen molar-refractivity contribution in [3.05, 3.63) is 113 Å². The summed E-state index contributed by atoms with van der Waals surface area (Å²) in [5, 5.41) is 7.32. The number of rotatable bonds is 6. The fourth-order valence-electron chi connectivity index (χ4n) is 3.14. The molecule has 0 amide bonds. The Morgan fingerprint density at radius 2 is 1.35 bits per heavy atom. The molecule has 3 aromatic carbocycles. The summed E-state index contributed by atoms with van der Waals surface area (Å²) >= 11 is 0. The molecule has 1 aliphatic heterocycles. The van der Waals surface area contributed by atoms with Crippen LogP contribution in [0.2, 0.25) is 0 Å². The van der Waals surface area contributed by atoms with Gasteiger partial charge in [0.05, 0.1) is 12.8 Å². The van der Waals surface area contributed by atoms with Gasteiger partial charge in [-0.1, -0.05) is 60.7 Å². The van der Waals surface area contributed by atoms with E-state index < -0.39 is 7.29 Å². The third-order valence-electron chi connectivity index (χ3n) is 4.84. The normalized spacial score (nSPS) is 15.4. The number of methoxy groups -OCH3 is 1. The number of hydrogen-bond acceptors (Lipinski definition) is 4. The van der Waals surface area contributed by atoms with Gasteiger partial charge >= 0.3 is 0 Å². The Balaban J connectivity index is 1.67. The quantitative estimate of drug-likeness (QED) is 0.283. The molecular formula is C25H23N2O3P. The van der Waals surface area contributed by atoms with Gasteiger partial charge in [-0.3, -0.25) is 9.76 Å². The van der Waals surface area contributed by atoms with Crippen LogP contribution in [0.15, 0.2) is 102 Å². The van der Waals surface area contributed by atoms with Crippen molar-refractivity contribution in [2.45, 2.75) is 6.92 Å². The number of benzene rings is 3. The molecule has 0 saturated heterocycles. The molecule has 0 spiro atoms. The van der Waals surface area contributed by atoms with Crippen molar-refractivity contribution in [2.75, 3.05) is 7.11 Å². The predicted octanol–water partition coefficient (Wildman–Crippen LogP) is 6.31. The highest BCUT2D eigenvalue weighted by molar-refractivity contribution is 7.68. The van der Waals surface area contributed by atoms with Gasteiger partial charge in [0.25, 0.3) is 0 Å². The van der Waals surface area contributed by atoms with Crippen LogP contribution in [-0.2, 0) is 9.30 Å². The van der Waals surface area contributed by atoms with Crippen LogP contribution in [-0.4, -0.2) is 12.8 Å². The van der Waals surface area contributed by atoms with E-state index in [1.165, 1.54) is 0 Å². The Labute approximate surface area is 182 Å². The zero-order valence-corrected chi connectivity index (χ0v) is 18.3. The summed E-state index contributed by atoms with van der Waals surface area (Å²) in [4.78, 5) is 0. The van der Waals surface area contributed by atoms with E-state index in [1.54, 1.807) is 18.7 Å². The molecule has 5 nitrogen and oxygen atoms in total. The second-order valence-electron chi connectivity index (χ2n) is 7.06. The molecule has 156 valence electrons. The van der Waals surface area contributed by atoms with Crippen LogP contribution in [0.1, 0.15) is 23.6 Å². The standard InChI is InChI=1S/C25H23N2O3P/c1-19(20-13-15-23(29-2)16-14-20)26-27-31(28)17-24(21-9-5-3-6-10-21)30-25(18-31)22-11-7-4-8-12-22/h3-18H,1-2H3,(H,27,28)/b26-19+. The fourth-order valence-corrected chi connectivity index (χ4v) is 4.73. The Bertz CT molecular complexity index is 1120. The maximum absolute atomic E-state index is 13.8. The van der Waals surface area contributed by atoms with Gasteiger partial charge < -0.3 is 9.47 Å². The summed E-state index contributed by atoms with van der Waals surface area (Å²) in [5.41, 5.74) is 3.32. The first-order valence-corrected chi connectivity index (χ1v) is 11.7. The van der Waals surface area contributed by atoms with E-state index in [1.807, 2.05) is 91.9 Å². The SMILES string of the molecule is COc1ccc(/C(C)=N/NP2(=O)C=C(c3ccccc3)OC(c3ccccc3)=C2)cc1. The van der Waals surface area contributed by atoms with Crippen LogP contribution >= 0.6 is 7.29 Å². The first-order chi connectivity index (χ1) is 15.1. The number of ether oxygens (including phenoxy) is 2. The van der Waals surface area contributed by atoms with Crippen LogP contribution in [0.5, 0.6) is 5.75 Å². The van der Waals surface area contributed by atoms with E-state index in [9.17, 15) is 4.57 Å². The van der Waals surface area contributed by atoms with Gasteiger partial charge in [0.15, 0.2) is 0 Å². The van der Waals surface area contributed by atoms with Gasteiger partial charge in [-0.05, 0) is 36.8 Å². The molecular weight excluding hydrogens is 407 g/mol. The van der Waals surface area contributed by atoms with Gasteiger partial charge in [0, 0.05) is 22.8 Å². The predicted molar refractivity (Wildman–Crippen MR) is 126 cm³/mol. The molecule has 0 aromatic heterocycles. The lowest BCUT2D eigenvalue weighted by atomic mass is 10.1. The lowest BCUT2D eigenvalue weighted by Crippen LogP contribution is -2.08. The van der Waals surface area contributed by atoms with Gasteiger partial charge in [-0.15, -0.1) is 0 Å². The van der Waals surface area contributed by atoms with Crippen molar-refractivity contribution in [1.82, 2.24) is 5.20 Å².